The normalized spacial score (nSPS) is 10.8. The Bertz CT molecular complexity index is 891. The number of ether oxygens (including phenoxy) is 1. The maximum absolute atomic E-state index is 12.2. The first-order valence-electron chi connectivity index (χ1n) is 7.82. The number of benzene rings is 1. The number of thiazole rings is 1. The summed E-state index contributed by atoms with van der Waals surface area (Å²) in [5, 5.41) is 4.02. The van der Waals surface area contributed by atoms with E-state index in [9.17, 15) is 4.79 Å². The molecule has 0 bridgehead atoms. The van der Waals surface area contributed by atoms with Crippen molar-refractivity contribution in [2.24, 2.45) is 0 Å². The molecule has 0 atom stereocenters. The minimum atomic E-state index is -0.128. The highest BCUT2D eigenvalue weighted by Gasteiger charge is 2.10. The molecule has 2 heterocycles. The molecule has 0 radical (unpaired) electrons. The molecule has 0 saturated carbocycles. The molecule has 0 fully saturated rings. The van der Waals surface area contributed by atoms with E-state index in [0.717, 1.165) is 27.4 Å². The summed E-state index contributed by atoms with van der Waals surface area (Å²) < 4.78 is 6.46. The van der Waals surface area contributed by atoms with Crippen LogP contribution in [-0.4, -0.2) is 33.2 Å². The van der Waals surface area contributed by atoms with E-state index in [4.69, 9.17) is 4.74 Å². The first kappa shape index (κ1) is 17.6. The van der Waals surface area contributed by atoms with Gasteiger partial charge < -0.3 is 10.1 Å². The summed E-state index contributed by atoms with van der Waals surface area (Å²) >= 11 is 2.74. The molecule has 1 amide bonds. The third kappa shape index (κ3) is 4.67. The molecule has 0 spiro atoms. The fourth-order valence-corrected chi connectivity index (χ4v) is 3.92. The lowest BCUT2D eigenvalue weighted by molar-refractivity contribution is -0.113. The summed E-state index contributed by atoms with van der Waals surface area (Å²) in [6.45, 7) is 6.39. The van der Waals surface area contributed by atoms with Crippen LogP contribution < -0.4 is 10.1 Å². The topological polar surface area (TPSA) is 77.0 Å². The van der Waals surface area contributed by atoms with Crippen molar-refractivity contribution in [2.75, 3.05) is 17.7 Å². The monoisotopic (exact) mass is 374 g/mol. The fraction of sp³-hybridized carbons (Fsp3) is 0.294. The first-order valence-corrected chi connectivity index (χ1v) is 9.62. The van der Waals surface area contributed by atoms with Gasteiger partial charge in [0.2, 0.25) is 5.91 Å². The zero-order valence-electron chi connectivity index (χ0n) is 14.2. The van der Waals surface area contributed by atoms with Crippen molar-refractivity contribution in [1.29, 1.82) is 0 Å². The quantitative estimate of drug-likeness (QED) is 0.522. The Morgan fingerprint density at radius 1 is 1.20 bits per heavy atom. The van der Waals surface area contributed by atoms with Crippen LogP contribution in [0.4, 0.5) is 5.13 Å². The van der Waals surface area contributed by atoms with Crippen LogP contribution in [0.15, 0.2) is 29.4 Å². The summed E-state index contributed by atoms with van der Waals surface area (Å²) in [5.41, 5.74) is 2.63. The lowest BCUT2D eigenvalue weighted by atomic mass is 10.3. The number of fused-ring (bicyclic) bond motifs is 1. The number of nitrogens with zero attached hydrogens (tertiary/aromatic N) is 3. The summed E-state index contributed by atoms with van der Waals surface area (Å²) in [6, 6.07) is 7.61. The number of anilines is 1. The van der Waals surface area contributed by atoms with Gasteiger partial charge in [-0.2, -0.15) is 0 Å². The SMILES string of the molecule is CCOc1ccc2nc(NC(=O)CSc3nc(C)cc(C)n3)sc2c1. The van der Waals surface area contributed by atoms with E-state index in [0.29, 0.717) is 16.9 Å². The molecule has 1 aromatic carbocycles. The van der Waals surface area contributed by atoms with Crippen LogP contribution in [0.3, 0.4) is 0 Å². The first-order chi connectivity index (χ1) is 12.0. The summed E-state index contributed by atoms with van der Waals surface area (Å²) in [4.78, 5) is 25.2. The third-order valence-corrected chi connectivity index (χ3v) is 4.99. The number of hydrogen-bond acceptors (Lipinski definition) is 7. The van der Waals surface area contributed by atoms with Gasteiger partial charge in [-0.15, -0.1) is 0 Å². The van der Waals surface area contributed by atoms with E-state index in [1.807, 2.05) is 45.0 Å². The molecule has 1 N–H and O–H groups in total. The standard InChI is InChI=1S/C17H18N4O2S2/c1-4-23-12-5-6-13-14(8-12)25-17(20-13)21-15(22)9-24-16-18-10(2)7-11(3)19-16/h5-8H,4,9H2,1-3H3,(H,20,21,22). The Labute approximate surface area is 154 Å². The van der Waals surface area contributed by atoms with Crippen LogP contribution in [-0.2, 0) is 4.79 Å². The van der Waals surface area contributed by atoms with Gasteiger partial charge in [0.1, 0.15) is 5.75 Å². The average molecular weight is 374 g/mol. The number of carbonyl (C=O) groups excluding carboxylic acids is 1. The van der Waals surface area contributed by atoms with Crippen LogP contribution in [0.2, 0.25) is 0 Å². The lowest BCUT2D eigenvalue weighted by Gasteiger charge is -2.03. The molecule has 0 aliphatic heterocycles. The maximum Gasteiger partial charge on any atom is 0.236 e. The molecular formula is C17H18N4O2S2. The van der Waals surface area contributed by atoms with Gasteiger partial charge in [-0.25, -0.2) is 15.0 Å². The molecule has 0 saturated heterocycles. The zero-order chi connectivity index (χ0) is 17.8. The summed E-state index contributed by atoms with van der Waals surface area (Å²) in [6.07, 6.45) is 0. The summed E-state index contributed by atoms with van der Waals surface area (Å²) in [5.74, 6) is 0.916. The van der Waals surface area contributed by atoms with Crippen molar-refractivity contribution in [3.63, 3.8) is 0 Å². The van der Waals surface area contributed by atoms with E-state index in [2.05, 4.69) is 20.3 Å². The number of carbonyl (C=O) groups is 1. The predicted octanol–water partition coefficient (Wildman–Crippen LogP) is 3.83. The Morgan fingerprint density at radius 2 is 1.96 bits per heavy atom. The highest BCUT2D eigenvalue weighted by atomic mass is 32.2. The molecule has 0 aliphatic carbocycles. The van der Waals surface area contributed by atoms with E-state index in [1.165, 1.54) is 23.1 Å². The molecule has 3 aromatic rings. The van der Waals surface area contributed by atoms with Crippen molar-refractivity contribution in [1.82, 2.24) is 15.0 Å². The van der Waals surface area contributed by atoms with E-state index in [-0.39, 0.29) is 11.7 Å². The largest absolute Gasteiger partial charge is 0.494 e. The van der Waals surface area contributed by atoms with Crippen LogP contribution in [0.1, 0.15) is 18.3 Å². The molecule has 0 aliphatic rings. The average Bonchev–Trinajstić information content (AvgIpc) is 2.94. The molecule has 2 aromatic heterocycles. The minimum absolute atomic E-state index is 0.128. The van der Waals surface area contributed by atoms with Crippen LogP contribution in [0, 0.1) is 13.8 Å². The number of hydrogen-bond donors (Lipinski definition) is 1. The van der Waals surface area contributed by atoms with Gasteiger partial charge in [-0.05, 0) is 45.0 Å². The number of rotatable bonds is 6. The van der Waals surface area contributed by atoms with Gasteiger partial charge in [0.15, 0.2) is 10.3 Å². The van der Waals surface area contributed by atoms with Gasteiger partial charge >= 0.3 is 0 Å². The van der Waals surface area contributed by atoms with Crippen molar-refractivity contribution in [3.05, 3.63) is 35.7 Å². The second kappa shape index (κ2) is 7.79. The van der Waals surface area contributed by atoms with Gasteiger partial charge in [0, 0.05) is 11.4 Å². The Hall–Kier alpha value is -2.19. The molecule has 3 rings (SSSR count). The second-order valence-corrected chi connectivity index (χ2v) is 7.32. The number of aromatic nitrogens is 3. The maximum atomic E-state index is 12.2. The Morgan fingerprint density at radius 3 is 2.68 bits per heavy atom. The molecule has 6 nitrogen and oxygen atoms in total. The lowest BCUT2D eigenvalue weighted by Crippen LogP contribution is -2.14. The van der Waals surface area contributed by atoms with Gasteiger partial charge in [-0.1, -0.05) is 23.1 Å². The van der Waals surface area contributed by atoms with Crippen LogP contribution >= 0.6 is 23.1 Å². The second-order valence-electron chi connectivity index (χ2n) is 5.35. The highest BCUT2D eigenvalue weighted by molar-refractivity contribution is 7.99. The van der Waals surface area contributed by atoms with Crippen molar-refractivity contribution < 1.29 is 9.53 Å². The van der Waals surface area contributed by atoms with Crippen molar-refractivity contribution in [3.8, 4) is 5.75 Å². The number of aryl methyl sites for hydroxylation is 2. The van der Waals surface area contributed by atoms with Crippen molar-refractivity contribution >= 4 is 44.4 Å². The predicted molar refractivity (Wildman–Crippen MR) is 102 cm³/mol. The Balaban J connectivity index is 1.63. The Kier molecular flexibility index (Phi) is 5.50. The van der Waals surface area contributed by atoms with Crippen LogP contribution in [0.25, 0.3) is 10.2 Å². The van der Waals surface area contributed by atoms with Crippen molar-refractivity contribution in [2.45, 2.75) is 25.9 Å². The molecular weight excluding hydrogens is 356 g/mol. The molecule has 8 heteroatoms. The zero-order valence-corrected chi connectivity index (χ0v) is 15.8. The van der Waals surface area contributed by atoms with E-state index >= 15 is 0 Å². The molecule has 0 unspecified atom stereocenters. The van der Waals surface area contributed by atoms with Gasteiger partial charge in [0.25, 0.3) is 0 Å². The molecule has 130 valence electrons. The van der Waals surface area contributed by atoms with Gasteiger partial charge in [-0.3, -0.25) is 4.79 Å². The summed E-state index contributed by atoms with van der Waals surface area (Å²) in [7, 11) is 0. The number of amides is 1. The number of thioether (sulfide) groups is 1. The van der Waals surface area contributed by atoms with E-state index < -0.39 is 0 Å². The number of nitrogens with one attached hydrogen (secondary N) is 1. The third-order valence-electron chi connectivity index (χ3n) is 3.21. The van der Waals surface area contributed by atoms with Gasteiger partial charge in [0.05, 0.1) is 22.6 Å². The highest BCUT2D eigenvalue weighted by Crippen LogP contribution is 2.29. The minimum Gasteiger partial charge on any atom is -0.494 e. The van der Waals surface area contributed by atoms with Crippen LogP contribution in [0.5, 0.6) is 5.75 Å². The smallest absolute Gasteiger partial charge is 0.236 e. The fourth-order valence-electron chi connectivity index (χ4n) is 2.26. The van der Waals surface area contributed by atoms with E-state index in [1.54, 1.807) is 0 Å². The molecule has 25 heavy (non-hydrogen) atoms.